The molecule has 0 heterocycles. The van der Waals surface area contributed by atoms with Crippen LogP contribution in [0.2, 0.25) is 0 Å². The molecule has 1 fully saturated rings. The molecule has 1 aliphatic rings. The number of hydrogen-bond donors (Lipinski definition) is 2. The maximum atomic E-state index is 12.0. The molecule has 2 rings (SSSR count). The maximum absolute atomic E-state index is 12.0. The van der Waals surface area contributed by atoms with Gasteiger partial charge in [0, 0.05) is 24.7 Å². The number of nitrogens with one attached hydrogen (secondary N) is 2. The fraction of sp³-hybridized carbons (Fsp3) is 0.500. The van der Waals surface area contributed by atoms with Gasteiger partial charge in [-0.3, -0.25) is 4.79 Å². The zero-order chi connectivity index (χ0) is 14.6. The second kappa shape index (κ2) is 6.26. The molecule has 0 spiro atoms. The molecule has 0 aliphatic heterocycles. The van der Waals surface area contributed by atoms with Crippen molar-refractivity contribution in [3.63, 3.8) is 0 Å². The SMILES string of the molecule is O=C(CCC(F)(F)F)Nc1ccc(CNC2CC2)cc1. The van der Waals surface area contributed by atoms with E-state index in [1.807, 2.05) is 12.1 Å². The van der Waals surface area contributed by atoms with Crippen molar-refractivity contribution in [3.8, 4) is 0 Å². The van der Waals surface area contributed by atoms with Gasteiger partial charge in [-0.15, -0.1) is 0 Å². The number of anilines is 1. The van der Waals surface area contributed by atoms with Crippen LogP contribution in [0.4, 0.5) is 18.9 Å². The minimum Gasteiger partial charge on any atom is -0.326 e. The first-order valence-electron chi connectivity index (χ1n) is 6.61. The van der Waals surface area contributed by atoms with E-state index in [-0.39, 0.29) is 0 Å². The zero-order valence-corrected chi connectivity index (χ0v) is 11.0. The highest BCUT2D eigenvalue weighted by Crippen LogP contribution is 2.22. The summed E-state index contributed by atoms with van der Waals surface area (Å²) in [5.41, 5.74) is 1.61. The van der Waals surface area contributed by atoms with Crippen molar-refractivity contribution in [2.45, 2.75) is 44.4 Å². The van der Waals surface area contributed by atoms with Crippen LogP contribution < -0.4 is 10.6 Å². The quantitative estimate of drug-likeness (QED) is 0.843. The van der Waals surface area contributed by atoms with Crippen LogP contribution >= 0.6 is 0 Å². The lowest BCUT2D eigenvalue weighted by molar-refractivity contribution is -0.142. The Hall–Kier alpha value is -1.56. The van der Waals surface area contributed by atoms with Crippen LogP contribution in [0.3, 0.4) is 0 Å². The summed E-state index contributed by atoms with van der Waals surface area (Å²) in [5, 5.41) is 5.82. The van der Waals surface area contributed by atoms with E-state index in [9.17, 15) is 18.0 Å². The van der Waals surface area contributed by atoms with Crippen LogP contribution in [0.1, 0.15) is 31.2 Å². The minimum absolute atomic E-state index is 0.521. The molecule has 6 heteroatoms. The molecule has 20 heavy (non-hydrogen) atoms. The molecule has 0 saturated heterocycles. The average Bonchev–Trinajstić information content (AvgIpc) is 3.19. The third-order valence-corrected chi connectivity index (χ3v) is 3.05. The Balaban J connectivity index is 1.75. The van der Waals surface area contributed by atoms with Gasteiger partial charge in [0.1, 0.15) is 0 Å². The lowest BCUT2D eigenvalue weighted by Gasteiger charge is -2.08. The molecule has 110 valence electrons. The second-order valence-corrected chi connectivity index (χ2v) is 5.02. The molecule has 2 N–H and O–H groups in total. The van der Waals surface area contributed by atoms with Gasteiger partial charge in [-0.25, -0.2) is 0 Å². The molecule has 1 aliphatic carbocycles. The third kappa shape index (κ3) is 5.61. The number of alkyl halides is 3. The first-order valence-corrected chi connectivity index (χ1v) is 6.61. The number of rotatable bonds is 6. The highest BCUT2D eigenvalue weighted by atomic mass is 19.4. The third-order valence-electron chi connectivity index (χ3n) is 3.05. The fourth-order valence-corrected chi connectivity index (χ4v) is 1.73. The number of benzene rings is 1. The maximum Gasteiger partial charge on any atom is 0.389 e. The summed E-state index contributed by atoms with van der Waals surface area (Å²) in [6.07, 6.45) is -3.51. The van der Waals surface area contributed by atoms with Crippen LogP contribution in [0, 0.1) is 0 Å². The van der Waals surface area contributed by atoms with Gasteiger partial charge < -0.3 is 10.6 Å². The van der Waals surface area contributed by atoms with Crippen LogP contribution in [-0.4, -0.2) is 18.1 Å². The molecule has 1 saturated carbocycles. The van der Waals surface area contributed by atoms with E-state index in [4.69, 9.17) is 0 Å². The van der Waals surface area contributed by atoms with Gasteiger partial charge in [0.15, 0.2) is 0 Å². The van der Waals surface area contributed by atoms with E-state index in [2.05, 4.69) is 10.6 Å². The van der Waals surface area contributed by atoms with Gasteiger partial charge in [0.25, 0.3) is 0 Å². The second-order valence-electron chi connectivity index (χ2n) is 5.02. The lowest BCUT2D eigenvalue weighted by atomic mass is 10.2. The standard InChI is InChI=1S/C14H17F3N2O/c15-14(16,17)8-7-13(20)19-12-3-1-10(2-4-12)9-18-11-5-6-11/h1-4,11,18H,5-9H2,(H,19,20). The van der Waals surface area contributed by atoms with Crippen LogP contribution in [-0.2, 0) is 11.3 Å². The summed E-state index contributed by atoms with van der Waals surface area (Å²) in [4.78, 5) is 11.3. The largest absolute Gasteiger partial charge is 0.389 e. The van der Waals surface area contributed by atoms with E-state index in [1.54, 1.807) is 12.1 Å². The van der Waals surface area contributed by atoms with Crippen LogP contribution in [0.25, 0.3) is 0 Å². The first kappa shape index (κ1) is 14.8. The van der Waals surface area contributed by atoms with E-state index in [0.29, 0.717) is 11.7 Å². The van der Waals surface area contributed by atoms with E-state index >= 15 is 0 Å². The highest BCUT2D eigenvalue weighted by molar-refractivity contribution is 5.90. The lowest BCUT2D eigenvalue weighted by Crippen LogP contribution is -2.17. The molecule has 0 atom stereocenters. The summed E-state index contributed by atoms with van der Waals surface area (Å²) in [6, 6.07) is 7.74. The number of carbonyl (C=O) groups excluding carboxylic acids is 1. The predicted octanol–water partition coefficient (Wildman–Crippen LogP) is 3.22. The normalized spacial score (nSPS) is 15.2. The van der Waals surface area contributed by atoms with E-state index in [1.165, 1.54) is 12.8 Å². The van der Waals surface area contributed by atoms with Crippen molar-refractivity contribution in [1.82, 2.24) is 5.32 Å². The minimum atomic E-state index is -4.30. The fourth-order valence-electron chi connectivity index (χ4n) is 1.73. The molecular weight excluding hydrogens is 269 g/mol. The summed E-state index contributed by atoms with van der Waals surface area (Å²) < 4.78 is 35.9. The summed E-state index contributed by atoms with van der Waals surface area (Å²) in [7, 11) is 0. The molecule has 1 aromatic carbocycles. The van der Waals surface area contributed by atoms with Crippen molar-refractivity contribution >= 4 is 11.6 Å². The number of halogens is 3. The molecule has 3 nitrogen and oxygen atoms in total. The number of amides is 1. The van der Waals surface area contributed by atoms with Crippen LogP contribution in [0.5, 0.6) is 0 Å². The number of carbonyl (C=O) groups is 1. The van der Waals surface area contributed by atoms with Crippen molar-refractivity contribution in [1.29, 1.82) is 0 Å². The first-order chi connectivity index (χ1) is 9.42. The summed E-state index contributed by atoms with van der Waals surface area (Å²) in [6.45, 7) is 0.771. The Labute approximate surface area is 115 Å². The predicted molar refractivity (Wildman–Crippen MR) is 70.2 cm³/mol. The molecule has 0 unspecified atom stereocenters. The van der Waals surface area contributed by atoms with Gasteiger partial charge in [-0.05, 0) is 30.5 Å². The summed E-state index contributed by atoms with van der Waals surface area (Å²) >= 11 is 0. The number of hydrogen-bond acceptors (Lipinski definition) is 2. The van der Waals surface area contributed by atoms with Gasteiger partial charge in [-0.1, -0.05) is 12.1 Å². The Kier molecular flexibility index (Phi) is 4.65. The topological polar surface area (TPSA) is 41.1 Å². The molecule has 1 aromatic rings. The molecular formula is C14H17F3N2O. The Morgan fingerprint density at radius 3 is 2.40 bits per heavy atom. The highest BCUT2D eigenvalue weighted by Gasteiger charge is 2.27. The molecule has 0 radical (unpaired) electrons. The van der Waals surface area contributed by atoms with Gasteiger partial charge >= 0.3 is 6.18 Å². The Bertz CT molecular complexity index is 452. The van der Waals surface area contributed by atoms with Gasteiger partial charge in [-0.2, -0.15) is 13.2 Å². The Morgan fingerprint density at radius 1 is 1.20 bits per heavy atom. The van der Waals surface area contributed by atoms with Gasteiger partial charge in [0.05, 0.1) is 6.42 Å². The van der Waals surface area contributed by atoms with Gasteiger partial charge in [0.2, 0.25) is 5.91 Å². The van der Waals surface area contributed by atoms with Crippen molar-refractivity contribution < 1.29 is 18.0 Å². The van der Waals surface area contributed by atoms with Crippen molar-refractivity contribution in [2.24, 2.45) is 0 Å². The Morgan fingerprint density at radius 2 is 1.85 bits per heavy atom. The molecule has 0 bridgehead atoms. The van der Waals surface area contributed by atoms with Crippen molar-refractivity contribution in [2.75, 3.05) is 5.32 Å². The monoisotopic (exact) mass is 286 g/mol. The summed E-state index contributed by atoms with van der Waals surface area (Å²) in [5.74, 6) is -0.619. The smallest absolute Gasteiger partial charge is 0.326 e. The molecule has 1 amide bonds. The van der Waals surface area contributed by atoms with Crippen LogP contribution in [0.15, 0.2) is 24.3 Å². The zero-order valence-electron chi connectivity index (χ0n) is 11.0. The van der Waals surface area contributed by atoms with Crippen molar-refractivity contribution in [3.05, 3.63) is 29.8 Å². The average molecular weight is 286 g/mol. The molecule has 0 aromatic heterocycles. The van der Waals surface area contributed by atoms with E-state index < -0.39 is 24.9 Å². The van der Waals surface area contributed by atoms with E-state index in [0.717, 1.165) is 12.1 Å².